The molecule has 3 rings (SSSR count). The van der Waals surface area contributed by atoms with E-state index in [1.165, 1.54) is 11.8 Å². The number of thioether (sulfide) groups is 1. The van der Waals surface area contributed by atoms with E-state index in [1.54, 1.807) is 0 Å². The number of thiocyanates is 1. The summed E-state index contributed by atoms with van der Waals surface area (Å²) in [5, 5.41) is 10.7. The quantitative estimate of drug-likeness (QED) is 0.795. The lowest BCUT2D eigenvalue weighted by Gasteiger charge is -2.07. The van der Waals surface area contributed by atoms with Crippen molar-refractivity contribution < 1.29 is 9.47 Å². The van der Waals surface area contributed by atoms with Crippen LogP contribution in [0.4, 0.5) is 0 Å². The summed E-state index contributed by atoms with van der Waals surface area (Å²) in [5.74, 6) is 3.23. The van der Waals surface area contributed by atoms with Crippen molar-refractivity contribution >= 4 is 11.8 Å². The van der Waals surface area contributed by atoms with E-state index in [1.807, 2.05) is 48.5 Å². The van der Waals surface area contributed by atoms with E-state index in [0.717, 1.165) is 29.2 Å². The Labute approximate surface area is 122 Å². The predicted octanol–water partition coefficient (Wildman–Crippen LogP) is 4.00. The van der Waals surface area contributed by atoms with E-state index in [-0.39, 0.29) is 6.10 Å². The summed E-state index contributed by atoms with van der Waals surface area (Å²) in [5.41, 5.74) is 1.14. The van der Waals surface area contributed by atoms with Crippen molar-refractivity contribution in [2.75, 3.05) is 5.75 Å². The Morgan fingerprint density at radius 1 is 1.20 bits per heavy atom. The van der Waals surface area contributed by atoms with Gasteiger partial charge < -0.3 is 9.47 Å². The molecule has 1 heterocycles. The normalized spacial score (nSPS) is 16.1. The van der Waals surface area contributed by atoms with Gasteiger partial charge in [0.15, 0.2) is 0 Å². The molecule has 0 amide bonds. The first-order chi connectivity index (χ1) is 9.85. The minimum atomic E-state index is 0.0848. The Bertz CT molecular complexity index is 637. The molecule has 1 unspecified atom stereocenters. The number of benzene rings is 2. The average molecular weight is 283 g/mol. The lowest BCUT2D eigenvalue weighted by Crippen LogP contribution is -2.15. The van der Waals surface area contributed by atoms with E-state index >= 15 is 0 Å². The van der Waals surface area contributed by atoms with Gasteiger partial charge in [-0.15, -0.1) is 0 Å². The topological polar surface area (TPSA) is 42.2 Å². The lowest BCUT2D eigenvalue weighted by atomic mass is 10.1. The molecule has 0 radical (unpaired) electrons. The Morgan fingerprint density at radius 3 is 2.85 bits per heavy atom. The Hall–Kier alpha value is -2.12. The van der Waals surface area contributed by atoms with Gasteiger partial charge in [0.1, 0.15) is 28.8 Å². The summed E-state index contributed by atoms with van der Waals surface area (Å²) in [4.78, 5) is 0. The Balaban J connectivity index is 1.71. The van der Waals surface area contributed by atoms with Gasteiger partial charge in [0.2, 0.25) is 0 Å². The van der Waals surface area contributed by atoms with Crippen LogP contribution in [0.2, 0.25) is 0 Å². The van der Waals surface area contributed by atoms with Crippen LogP contribution in [0.1, 0.15) is 5.56 Å². The molecule has 0 aliphatic carbocycles. The van der Waals surface area contributed by atoms with Gasteiger partial charge in [0.05, 0.1) is 0 Å². The predicted molar refractivity (Wildman–Crippen MR) is 79.1 cm³/mol. The molecule has 2 aromatic carbocycles. The van der Waals surface area contributed by atoms with Crippen molar-refractivity contribution in [1.29, 1.82) is 5.26 Å². The molecule has 0 bridgehead atoms. The van der Waals surface area contributed by atoms with Gasteiger partial charge in [-0.25, -0.2) is 0 Å². The number of hydrogen-bond acceptors (Lipinski definition) is 4. The van der Waals surface area contributed by atoms with Crippen LogP contribution in [-0.2, 0) is 6.42 Å². The molecular weight excluding hydrogens is 270 g/mol. The van der Waals surface area contributed by atoms with Crippen LogP contribution < -0.4 is 9.47 Å². The molecule has 0 aromatic heterocycles. The van der Waals surface area contributed by atoms with Gasteiger partial charge in [0, 0.05) is 17.7 Å². The highest BCUT2D eigenvalue weighted by molar-refractivity contribution is 8.03. The average Bonchev–Trinajstić information content (AvgIpc) is 2.88. The summed E-state index contributed by atoms with van der Waals surface area (Å²) in [6.07, 6.45) is 0.914. The van der Waals surface area contributed by atoms with E-state index in [0.29, 0.717) is 5.75 Å². The second kappa shape index (κ2) is 5.89. The first-order valence-electron chi connectivity index (χ1n) is 6.38. The second-order valence-electron chi connectivity index (χ2n) is 4.53. The molecule has 0 saturated carbocycles. The SMILES string of the molecule is N#CSCC1Cc2cc(Oc3ccccc3)ccc2O1. The van der Waals surface area contributed by atoms with Crippen molar-refractivity contribution in [2.45, 2.75) is 12.5 Å². The van der Waals surface area contributed by atoms with E-state index < -0.39 is 0 Å². The zero-order chi connectivity index (χ0) is 13.8. The number of nitriles is 1. The van der Waals surface area contributed by atoms with E-state index in [2.05, 4.69) is 5.40 Å². The Kier molecular flexibility index (Phi) is 3.80. The molecule has 1 atom stereocenters. The number of fused-ring (bicyclic) bond motifs is 1. The van der Waals surface area contributed by atoms with E-state index in [4.69, 9.17) is 14.7 Å². The second-order valence-corrected chi connectivity index (χ2v) is 5.34. The highest BCUT2D eigenvalue weighted by Gasteiger charge is 2.23. The van der Waals surface area contributed by atoms with Crippen LogP contribution >= 0.6 is 11.8 Å². The highest BCUT2D eigenvalue weighted by Crippen LogP contribution is 2.34. The molecule has 0 fully saturated rings. The first-order valence-corrected chi connectivity index (χ1v) is 7.37. The number of hydrogen-bond donors (Lipinski definition) is 0. The number of ether oxygens (including phenoxy) is 2. The highest BCUT2D eigenvalue weighted by atomic mass is 32.2. The van der Waals surface area contributed by atoms with Gasteiger partial charge in [-0.05, 0) is 42.1 Å². The van der Waals surface area contributed by atoms with Crippen LogP contribution in [0.15, 0.2) is 48.5 Å². The molecule has 1 aliphatic rings. The maximum Gasteiger partial charge on any atom is 0.133 e. The van der Waals surface area contributed by atoms with Crippen molar-refractivity contribution in [3.63, 3.8) is 0 Å². The molecule has 4 heteroatoms. The Morgan fingerprint density at radius 2 is 2.05 bits per heavy atom. The zero-order valence-electron chi connectivity index (χ0n) is 10.8. The van der Waals surface area contributed by atoms with Crippen molar-refractivity contribution in [3.05, 3.63) is 54.1 Å². The van der Waals surface area contributed by atoms with Crippen molar-refractivity contribution in [2.24, 2.45) is 0 Å². The monoisotopic (exact) mass is 283 g/mol. The molecule has 3 nitrogen and oxygen atoms in total. The number of para-hydroxylation sites is 1. The van der Waals surface area contributed by atoms with E-state index in [9.17, 15) is 0 Å². The van der Waals surface area contributed by atoms with Crippen LogP contribution in [0, 0.1) is 10.7 Å². The smallest absolute Gasteiger partial charge is 0.133 e. The third-order valence-corrected chi connectivity index (χ3v) is 3.75. The summed E-state index contributed by atoms with van der Waals surface area (Å²) in [7, 11) is 0. The van der Waals surface area contributed by atoms with Gasteiger partial charge in [-0.3, -0.25) is 0 Å². The molecule has 0 saturated heterocycles. The summed E-state index contributed by atoms with van der Waals surface area (Å²) >= 11 is 1.23. The van der Waals surface area contributed by atoms with Crippen LogP contribution in [0.3, 0.4) is 0 Å². The zero-order valence-corrected chi connectivity index (χ0v) is 11.6. The van der Waals surface area contributed by atoms with Crippen LogP contribution in [-0.4, -0.2) is 11.9 Å². The maximum absolute atomic E-state index is 8.59. The molecule has 20 heavy (non-hydrogen) atoms. The molecule has 1 aliphatic heterocycles. The first kappa shape index (κ1) is 12.9. The van der Waals surface area contributed by atoms with Gasteiger partial charge in [0.25, 0.3) is 0 Å². The summed E-state index contributed by atoms with van der Waals surface area (Å²) in [6.45, 7) is 0. The van der Waals surface area contributed by atoms with Crippen molar-refractivity contribution in [1.82, 2.24) is 0 Å². The fourth-order valence-electron chi connectivity index (χ4n) is 2.21. The fourth-order valence-corrected chi connectivity index (χ4v) is 2.65. The summed E-state index contributed by atoms with van der Waals surface area (Å²) in [6, 6.07) is 15.6. The van der Waals surface area contributed by atoms with Crippen LogP contribution in [0.5, 0.6) is 17.2 Å². The van der Waals surface area contributed by atoms with Gasteiger partial charge >= 0.3 is 0 Å². The fraction of sp³-hybridized carbons (Fsp3) is 0.188. The van der Waals surface area contributed by atoms with Gasteiger partial charge in [-0.1, -0.05) is 18.2 Å². The summed E-state index contributed by atoms with van der Waals surface area (Å²) < 4.78 is 11.6. The van der Waals surface area contributed by atoms with Gasteiger partial charge in [-0.2, -0.15) is 5.26 Å². The number of nitrogens with zero attached hydrogens (tertiary/aromatic N) is 1. The molecule has 0 N–H and O–H groups in total. The largest absolute Gasteiger partial charge is 0.489 e. The minimum absolute atomic E-state index is 0.0848. The van der Waals surface area contributed by atoms with Crippen LogP contribution in [0.25, 0.3) is 0 Å². The van der Waals surface area contributed by atoms with Crippen molar-refractivity contribution in [3.8, 4) is 22.6 Å². The third-order valence-electron chi connectivity index (χ3n) is 3.09. The molecule has 2 aromatic rings. The molecule has 100 valence electrons. The maximum atomic E-state index is 8.59. The lowest BCUT2D eigenvalue weighted by molar-refractivity contribution is 0.259. The third kappa shape index (κ3) is 2.89. The molecular formula is C16H13NO2S. The molecule has 0 spiro atoms. The number of rotatable bonds is 4. The minimum Gasteiger partial charge on any atom is -0.489 e. The standard InChI is InChI=1S/C16H13NO2S/c17-11-20-10-15-9-12-8-14(6-7-16(12)19-15)18-13-4-2-1-3-5-13/h1-8,15H,9-10H2.